The SMILES string of the molecule is c1ccc(N(c2ccccc2)c2ccc(-c3ccc(-c4nc5c(-c6ccc7c(c6)C6(c8ccccc8-c8ccccc86)c6ccccc6-7)ccc(-c6ccc7c(c6)C6(c8ccccc8-c8ccccc86)c6ccccc6-7)c5nc4-c4ccc(-c5ccc(N(c6ccccc6)c6ccccc6)cc5)cc4)cc3)cc2)cc1. The van der Waals surface area contributed by atoms with Gasteiger partial charge in [0.15, 0.2) is 0 Å². The van der Waals surface area contributed by atoms with Gasteiger partial charge in [-0.05, 0) is 207 Å². The van der Waals surface area contributed by atoms with Gasteiger partial charge >= 0.3 is 0 Å². The molecule has 4 aliphatic rings. The van der Waals surface area contributed by atoms with Gasteiger partial charge in [-0.3, -0.25) is 0 Å². The van der Waals surface area contributed by atoms with Crippen LogP contribution < -0.4 is 9.80 Å². The smallest absolute Gasteiger partial charge is 0.0979 e. The van der Waals surface area contributed by atoms with Crippen LogP contribution in [0.2, 0.25) is 0 Å². The minimum atomic E-state index is -0.547. The highest BCUT2D eigenvalue weighted by molar-refractivity contribution is 6.06. The van der Waals surface area contributed by atoms with Gasteiger partial charge in [-0.1, -0.05) is 328 Å². The first-order chi connectivity index (χ1) is 54.6. The Balaban J connectivity index is 0.748. The summed E-state index contributed by atoms with van der Waals surface area (Å²) in [5, 5.41) is 0. The molecule has 0 unspecified atom stereocenters. The number of nitrogens with zero attached hydrogens (tertiary/aromatic N) is 4. The van der Waals surface area contributed by atoms with E-state index in [0.29, 0.717) is 0 Å². The van der Waals surface area contributed by atoms with E-state index in [9.17, 15) is 0 Å². The second-order valence-electron chi connectivity index (χ2n) is 29.3. The first-order valence-corrected chi connectivity index (χ1v) is 38.0. The lowest BCUT2D eigenvalue weighted by atomic mass is 9.70. The van der Waals surface area contributed by atoms with Crippen molar-refractivity contribution >= 4 is 45.2 Å². The number of hydrogen-bond acceptors (Lipinski definition) is 4. The molecule has 4 heteroatoms. The topological polar surface area (TPSA) is 32.3 Å². The van der Waals surface area contributed by atoms with E-state index in [0.717, 1.165) is 112 Å². The van der Waals surface area contributed by atoms with Crippen LogP contribution in [0.15, 0.2) is 413 Å². The Morgan fingerprint density at radius 1 is 0.155 bits per heavy atom. The highest BCUT2D eigenvalue weighted by Crippen LogP contribution is 2.65. The van der Waals surface area contributed by atoms with Gasteiger partial charge in [-0.15, -0.1) is 0 Å². The molecule has 2 spiro atoms. The molecule has 0 fully saturated rings. The molecular weight excluding hydrogens is 1330 g/mol. The van der Waals surface area contributed by atoms with Crippen LogP contribution in [0, 0.1) is 0 Å². The number of fused-ring (bicyclic) bond motifs is 21. The van der Waals surface area contributed by atoms with E-state index in [1.54, 1.807) is 0 Å². The normalized spacial score (nSPS) is 13.1. The summed E-state index contributed by atoms with van der Waals surface area (Å²) in [6, 6.07) is 152. The molecule has 0 atom stereocenters. The third-order valence-electron chi connectivity index (χ3n) is 23.7. The van der Waals surface area contributed by atoms with Crippen LogP contribution in [0.25, 0.3) is 123 Å². The van der Waals surface area contributed by atoms with Crippen LogP contribution in [-0.4, -0.2) is 9.97 Å². The van der Waals surface area contributed by atoms with Crippen LogP contribution in [0.4, 0.5) is 34.1 Å². The van der Waals surface area contributed by atoms with Crippen molar-refractivity contribution in [1.29, 1.82) is 0 Å². The Bertz CT molecular complexity index is 6060. The fraction of sp³-hybridized carbons (Fsp3) is 0.0189. The van der Waals surface area contributed by atoms with Crippen molar-refractivity contribution in [2.24, 2.45) is 0 Å². The lowest BCUT2D eigenvalue weighted by molar-refractivity contribution is 0.794. The second kappa shape index (κ2) is 25.2. The minimum Gasteiger partial charge on any atom is -0.311 e. The average molecular weight is 1400 g/mol. The third-order valence-corrected chi connectivity index (χ3v) is 23.7. The van der Waals surface area contributed by atoms with Crippen molar-refractivity contribution < 1.29 is 0 Å². The molecule has 0 N–H and O–H groups in total. The molecule has 0 amide bonds. The van der Waals surface area contributed by atoms with E-state index in [-0.39, 0.29) is 0 Å². The summed E-state index contributed by atoms with van der Waals surface area (Å²) in [5.74, 6) is 0. The van der Waals surface area contributed by atoms with E-state index in [1.807, 2.05) is 0 Å². The number of benzene rings is 17. The maximum absolute atomic E-state index is 6.19. The fourth-order valence-electron chi connectivity index (χ4n) is 19.0. The van der Waals surface area contributed by atoms with Gasteiger partial charge in [-0.25, -0.2) is 9.97 Å². The fourth-order valence-corrected chi connectivity index (χ4v) is 19.0. The summed E-state index contributed by atoms with van der Waals surface area (Å²) >= 11 is 0. The van der Waals surface area contributed by atoms with Crippen LogP contribution in [0.5, 0.6) is 0 Å². The Morgan fingerprint density at radius 3 is 0.627 bits per heavy atom. The van der Waals surface area contributed by atoms with Gasteiger partial charge in [0.05, 0.1) is 33.3 Å². The highest BCUT2D eigenvalue weighted by Gasteiger charge is 2.53. The zero-order valence-corrected chi connectivity index (χ0v) is 60.0. The Kier molecular flexibility index (Phi) is 14.4. The van der Waals surface area contributed by atoms with E-state index in [1.165, 1.54) is 89.0 Å². The first-order valence-electron chi connectivity index (χ1n) is 38.0. The summed E-state index contributed by atoms with van der Waals surface area (Å²) in [6.45, 7) is 0. The van der Waals surface area contributed by atoms with Gasteiger partial charge in [0.1, 0.15) is 0 Å². The monoisotopic (exact) mass is 1400 g/mol. The molecule has 22 rings (SSSR count). The Labute approximate surface area is 640 Å². The van der Waals surface area contributed by atoms with Crippen LogP contribution in [0.3, 0.4) is 0 Å². The molecule has 0 saturated heterocycles. The molecule has 0 bridgehead atoms. The molecule has 0 radical (unpaired) electrons. The van der Waals surface area contributed by atoms with Crippen LogP contribution in [0.1, 0.15) is 44.5 Å². The minimum absolute atomic E-state index is 0.547. The molecule has 1 heterocycles. The van der Waals surface area contributed by atoms with Gasteiger partial charge in [0.25, 0.3) is 0 Å². The average Bonchev–Trinajstić information content (AvgIpc) is 1.51. The van der Waals surface area contributed by atoms with E-state index in [2.05, 4.69) is 422 Å². The molecule has 4 nitrogen and oxygen atoms in total. The molecule has 4 aliphatic carbocycles. The van der Waals surface area contributed by atoms with Crippen molar-refractivity contribution in [3.05, 3.63) is 457 Å². The van der Waals surface area contributed by atoms with Gasteiger partial charge in [-0.2, -0.15) is 0 Å². The maximum atomic E-state index is 6.19. The lowest BCUT2D eigenvalue weighted by Crippen LogP contribution is -2.25. The summed E-state index contributed by atoms with van der Waals surface area (Å²) < 4.78 is 0. The largest absolute Gasteiger partial charge is 0.311 e. The molecule has 110 heavy (non-hydrogen) atoms. The van der Waals surface area contributed by atoms with Crippen molar-refractivity contribution in [3.63, 3.8) is 0 Å². The third kappa shape index (κ3) is 9.52. The molecule has 17 aromatic carbocycles. The maximum Gasteiger partial charge on any atom is 0.0979 e. The van der Waals surface area contributed by atoms with Crippen LogP contribution in [-0.2, 0) is 10.8 Å². The molecule has 0 aliphatic heterocycles. The van der Waals surface area contributed by atoms with E-state index < -0.39 is 10.8 Å². The quantitative estimate of drug-likeness (QED) is 0.122. The highest BCUT2D eigenvalue weighted by atomic mass is 15.1. The van der Waals surface area contributed by atoms with Crippen LogP contribution >= 0.6 is 0 Å². The summed E-state index contributed by atoms with van der Waals surface area (Å²) in [6.07, 6.45) is 0. The Morgan fingerprint density at radius 2 is 0.355 bits per heavy atom. The zero-order valence-electron chi connectivity index (χ0n) is 60.0. The van der Waals surface area contributed by atoms with Gasteiger partial charge in [0.2, 0.25) is 0 Å². The number of para-hydroxylation sites is 4. The predicted molar refractivity (Wildman–Crippen MR) is 454 cm³/mol. The summed E-state index contributed by atoms with van der Waals surface area (Å²) in [5.41, 5.74) is 39.7. The first kappa shape index (κ1) is 63.0. The van der Waals surface area contributed by atoms with Crippen molar-refractivity contribution in [3.8, 4) is 112 Å². The lowest BCUT2D eigenvalue weighted by Gasteiger charge is -2.31. The van der Waals surface area contributed by atoms with Crippen molar-refractivity contribution in [1.82, 2.24) is 9.97 Å². The summed E-state index contributed by atoms with van der Waals surface area (Å²) in [7, 11) is 0. The molecule has 1 aromatic heterocycles. The summed E-state index contributed by atoms with van der Waals surface area (Å²) in [4.78, 5) is 17.0. The Hall–Kier alpha value is -14.3. The van der Waals surface area contributed by atoms with E-state index >= 15 is 0 Å². The number of rotatable bonds is 12. The second-order valence-corrected chi connectivity index (χ2v) is 29.3. The molecule has 0 saturated carbocycles. The molecule has 18 aromatic rings. The van der Waals surface area contributed by atoms with Crippen molar-refractivity contribution in [2.75, 3.05) is 9.80 Å². The van der Waals surface area contributed by atoms with Crippen molar-refractivity contribution in [2.45, 2.75) is 10.8 Å². The van der Waals surface area contributed by atoms with E-state index in [4.69, 9.17) is 9.97 Å². The van der Waals surface area contributed by atoms with Gasteiger partial charge in [0, 0.05) is 56.4 Å². The zero-order chi connectivity index (χ0) is 72.4. The van der Waals surface area contributed by atoms with Gasteiger partial charge < -0.3 is 9.80 Å². The number of anilines is 6. The number of hydrogen-bond donors (Lipinski definition) is 0. The standard InChI is InChI=1S/C106H68N4/c1-5-25-77(26-6-1)109(78-27-7-2-8-28-78)81-59-53-71(54-60-81)69-45-49-73(50-46-69)101-102(74-51-47-70(48-52-74)72-55-61-82(62-56-72)110(79-29-9-3-10-30-79)80-31-11-4-12-32-80)108-104-84(76-58-64-92-90-38-18-24-44-98(90)106(100(92)68-76)95-41-21-15-35-87(95)88-36-16-22-42-96(88)106)66-65-83(103(104)107-101)75-57-63-91-89-37-17-23-43-97(89)105(99(91)67-75)93-39-19-13-33-85(93)86-34-14-20-40-94(86)105/h1-68H. The number of aromatic nitrogens is 2. The molecular formula is C106H68N4. The predicted octanol–water partition coefficient (Wildman–Crippen LogP) is 27.3. The molecule has 512 valence electrons.